The van der Waals surface area contributed by atoms with Gasteiger partial charge in [-0.15, -0.1) is 0 Å². The van der Waals surface area contributed by atoms with E-state index in [2.05, 4.69) is 11.3 Å². The predicted octanol–water partition coefficient (Wildman–Crippen LogP) is 1.78. The maximum absolute atomic E-state index is 10.4. The van der Waals surface area contributed by atoms with Gasteiger partial charge >= 0.3 is 5.97 Å². The van der Waals surface area contributed by atoms with E-state index in [4.69, 9.17) is 5.41 Å². The summed E-state index contributed by atoms with van der Waals surface area (Å²) in [6.45, 7) is 8.98. The van der Waals surface area contributed by atoms with E-state index in [0.29, 0.717) is 5.57 Å². The van der Waals surface area contributed by atoms with Crippen LogP contribution in [0, 0.1) is 5.41 Å². The maximum atomic E-state index is 10.4. The number of carbonyl (C=O) groups is 1. The largest absolute Gasteiger partial charge is 0.464 e. The minimum Gasteiger partial charge on any atom is -0.464 e. The van der Waals surface area contributed by atoms with E-state index in [1.165, 1.54) is 7.11 Å². The molecule has 0 rings (SSSR count). The highest BCUT2D eigenvalue weighted by atomic mass is 16.5. The minimum atomic E-state index is -0.637. The number of hydrogen-bond donors (Lipinski definition) is 1. The van der Waals surface area contributed by atoms with Crippen LogP contribution in [0.4, 0.5) is 0 Å². The lowest BCUT2D eigenvalue weighted by Crippen LogP contribution is -2.14. The smallest absolute Gasteiger partial charge is 0.356 e. The highest BCUT2D eigenvalue weighted by molar-refractivity contribution is 6.41. The van der Waals surface area contributed by atoms with Crippen LogP contribution in [-0.2, 0) is 9.53 Å². The first kappa shape index (κ1) is 12.5. The van der Waals surface area contributed by atoms with Crippen molar-refractivity contribution < 1.29 is 9.53 Å². The molecule has 0 unspecified atom stereocenters. The summed E-state index contributed by atoms with van der Waals surface area (Å²) in [5, 5.41) is 6.98. The van der Waals surface area contributed by atoms with Gasteiger partial charge in [0, 0.05) is 0 Å². The second kappa shape index (κ2) is 6.99. The molecule has 3 heteroatoms. The van der Waals surface area contributed by atoms with Gasteiger partial charge in [0.15, 0.2) is 0 Å². The molecule has 0 saturated heterocycles. The minimum absolute atomic E-state index is 0.169. The Kier molecular flexibility index (Phi) is 7.98. The number of hydrogen-bond acceptors (Lipinski definition) is 3. The Morgan fingerprint density at radius 1 is 1.45 bits per heavy atom. The van der Waals surface area contributed by atoms with Crippen LogP contribution in [-0.4, -0.2) is 18.8 Å². The Morgan fingerprint density at radius 3 is 1.91 bits per heavy atom. The second-order valence-electron chi connectivity index (χ2n) is 1.65. The monoisotopic (exact) mass is 157 g/mol. The molecule has 0 radical (unpaired) electrons. The van der Waals surface area contributed by atoms with E-state index < -0.39 is 5.97 Å². The van der Waals surface area contributed by atoms with E-state index in [9.17, 15) is 4.79 Å². The van der Waals surface area contributed by atoms with Crippen LogP contribution >= 0.6 is 0 Å². The highest BCUT2D eigenvalue weighted by Crippen LogP contribution is 1.91. The van der Waals surface area contributed by atoms with E-state index in [1.54, 1.807) is 6.92 Å². The van der Waals surface area contributed by atoms with Crippen LogP contribution in [0.1, 0.15) is 20.8 Å². The summed E-state index contributed by atoms with van der Waals surface area (Å²) < 4.78 is 4.25. The fraction of sp³-hybridized carbons (Fsp3) is 0.500. The fourth-order valence-corrected chi connectivity index (χ4v) is 0.276. The SMILES string of the molecule is C=C(C)C(=N)C(=O)OC.CC. The molecule has 0 fully saturated rings. The van der Waals surface area contributed by atoms with Crippen molar-refractivity contribution in [1.29, 1.82) is 5.41 Å². The molecule has 0 bridgehead atoms. The molecule has 0 amide bonds. The standard InChI is InChI=1S/C6H9NO2.C2H6/c1-4(2)5(7)6(8)9-3;1-2/h7H,1H2,2-3H3;1-2H3. The lowest BCUT2D eigenvalue weighted by Gasteiger charge is -1.97. The van der Waals surface area contributed by atoms with Crippen molar-refractivity contribution >= 4 is 11.7 Å². The zero-order valence-corrected chi connectivity index (χ0v) is 7.52. The van der Waals surface area contributed by atoms with Crippen LogP contribution < -0.4 is 0 Å². The molecule has 0 spiro atoms. The lowest BCUT2D eigenvalue weighted by atomic mass is 10.2. The van der Waals surface area contributed by atoms with E-state index >= 15 is 0 Å². The molecule has 3 nitrogen and oxygen atoms in total. The molecule has 0 aromatic heterocycles. The number of esters is 1. The third-order valence-corrected chi connectivity index (χ3v) is 0.816. The summed E-state index contributed by atoms with van der Waals surface area (Å²) in [4.78, 5) is 10.4. The van der Waals surface area contributed by atoms with Crippen LogP contribution in [0.5, 0.6) is 0 Å². The molecule has 64 valence electrons. The molecular weight excluding hydrogens is 142 g/mol. The van der Waals surface area contributed by atoms with Gasteiger partial charge in [-0.1, -0.05) is 20.4 Å². The average Bonchev–Trinajstić information content (AvgIpc) is 2.05. The number of ether oxygens (including phenoxy) is 1. The van der Waals surface area contributed by atoms with Crippen molar-refractivity contribution in [3.8, 4) is 0 Å². The van der Waals surface area contributed by atoms with Gasteiger partial charge in [-0.3, -0.25) is 5.41 Å². The zero-order chi connectivity index (χ0) is 9.44. The Hall–Kier alpha value is -1.12. The van der Waals surface area contributed by atoms with Crippen LogP contribution in [0.3, 0.4) is 0 Å². The van der Waals surface area contributed by atoms with Crippen molar-refractivity contribution in [3.63, 3.8) is 0 Å². The van der Waals surface area contributed by atoms with E-state index in [1.807, 2.05) is 13.8 Å². The number of rotatable bonds is 2. The van der Waals surface area contributed by atoms with Crippen molar-refractivity contribution in [3.05, 3.63) is 12.2 Å². The average molecular weight is 157 g/mol. The molecule has 0 aliphatic rings. The predicted molar refractivity (Wildman–Crippen MR) is 45.9 cm³/mol. The summed E-state index contributed by atoms with van der Waals surface area (Å²) >= 11 is 0. The van der Waals surface area contributed by atoms with Crippen molar-refractivity contribution in [2.75, 3.05) is 7.11 Å². The van der Waals surface area contributed by atoms with Gasteiger partial charge in [0.25, 0.3) is 0 Å². The number of methoxy groups -OCH3 is 1. The Morgan fingerprint density at radius 2 is 1.82 bits per heavy atom. The summed E-state index contributed by atoms with van der Waals surface area (Å²) in [5.41, 5.74) is 0.249. The molecule has 0 aliphatic heterocycles. The van der Waals surface area contributed by atoms with Gasteiger partial charge in [-0.2, -0.15) is 0 Å². The third-order valence-electron chi connectivity index (χ3n) is 0.816. The molecule has 11 heavy (non-hydrogen) atoms. The number of nitrogens with one attached hydrogen (secondary N) is 1. The Bertz CT molecular complexity index is 161. The van der Waals surface area contributed by atoms with E-state index in [-0.39, 0.29) is 5.71 Å². The summed E-state index contributed by atoms with van der Waals surface area (Å²) in [6, 6.07) is 0. The first-order chi connectivity index (χ1) is 5.09. The van der Waals surface area contributed by atoms with Gasteiger partial charge in [0.05, 0.1) is 7.11 Å². The Balaban J connectivity index is 0. The van der Waals surface area contributed by atoms with Gasteiger partial charge in [0.1, 0.15) is 5.71 Å². The van der Waals surface area contributed by atoms with Crippen molar-refractivity contribution in [1.82, 2.24) is 0 Å². The van der Waals surface area contributed by atoms with Gasteiger partial charge < -0.3 is 4.74 Å². The normalized spacial score (nSPS) is 7.27. The second-order valence-corrected chi connectivity index (χ2v) is 1.65. The molecule has 0 aromatic rings. The van der Waals surface area contributed by atoms with Gasteiger partial charge in [-0.05, 0) is 12.5 Å². The van der Waals surface area contributed by atoms with Crippen LogP contribution in [0.2, 0.25) is 0 Å². The van der Waals surface area contributed by atoms with Crippen LogP contribution in [0.15, 0.2) is 12.2 Å². The molecule has 0 atom stereocenters. The molecular formula is C8H15NO2. The van der Waals surface area contributed by atoms with Crippen LogP contribution in [0.25, 0.3) is 0 Å². The first-order valence-corrected chi connectivity index (χ1v) is 3.42. The summed E-state index contributed by atoms with van der Waals surface area (Å²) in [5.74, 6) is -0.637. The topological polar surface area (TPSA) is 50.2 Å². The maximum Gasteiger partial charge on any atom is 0.356 e. The van der Waals surface area contributed by atoms with Crippen molar-refractivity contribution in [2.24, 2.45) is 0 Å². The molecule has 1 N–H and O–H groups in total. The highest BCUT2D eigenvalue weighted by Gasteiger charge is 2.07. The van der Waals surface area contributed by atoms with Gasteiger partial charge in [-0.25, -0.2) is 4.79 Å². The molecule has 0 aliphatic carbocycles. The third kappa shape index (κ3) is 5.33. The zero-order valence-electron chi connectivity index (χ0n) is 7.52. The summed E-state index contributed by atoms with van der Waals surface area (Å²) in [7, 11) is 1.24. The quantitative estimate of drug-likeness (QED) is 0.490. The number of carbonyl (C=O) groups excluding carboxylic acids is 1. The summed E-state index contributed by atoms with van der Waals surface area (Å²) in [6.07, 6.45) is 0. The molecule has 0 aromatic carbocycles. The Labute approximate surface area is 67.6 Å². The molecule has 0 saturated carbocycles. The van der Waals surface area contributed by atoms with E-state index in [0.717, 1.165) is 0 Å². The fourth-order valence-electron chi connectivity index (χ4n) is 0.276. The van der Waals surface area contributed by atoms with Crippen molar-refractivity contribution in [2.45, 2.75) is 20.8 Å². The first-order valence-electron chi connectivity index (χ1n) is 3.42. The molecule has 0 heterocycles. The van der Waals surface area contributed by atoms with Gasteiger partial charge in [0.2, 0.25) is 0 Å². The lowest BCUT2D eigenvalue weighted by molar-refractivity contribution is -0.132.